The van der Waals surface area contributed by atoms with E-state index in [9.17, 15) is 0 Å². The average Bonchev–Trinajstić information content (AvgIpc) is 2.86. The first-order valence-electron chi connectivity index (χ1n) is 7.25. The van der Waals surface area contributed by atoms with Crippen molar-refractivity contribution in [3.05, 3.63) is 0 Å². The van der Waals surface area contributed by atoms with Gasteiger partial charge in [-0.3, -0.25) is 0 Å². The quantitative estimate of drug-likeness (QED) is 0.346. The van der Waals surface area contributed by atoms with Gasteiger partial charge >= 0.3 is 0 Å². The van der Waals surface area contributed by atoms with Gasteiger partial charge in [0.25, 0.3) is 0 Å². The van der Waals surface area contributed by atoms with Gasteiger partial charge in [0.1, 0.15) is 0 Å². The fourth-order valence-corrected chi connectivity index (χ4v) is 2.25. The van der Waals surface area contributed by atoms with E-state index in [1.165, 1.54) is 0 Å². The van der Waals surface area contributed by atoms with E-state index in [0.717, 1.165) is 32.4 Å². The second-order valence-corrected chi connectivity index (χ2v) is 4.70. The van der Waals surface area contributed by atoms with Crippen LogP contribution in [0.5, 0.6) is 0 Å². The van der Waals surface area contributed by atoms with Crippen LogP contribution in [-0.2, 0) is 9.47 Å². The summed E-state index contributed by atoms with van der Waals surface area (Å²) in [5.74, 6) is 0. The molecule has 1 aliphatic rings. The molecule has 4 N–H and O–H groups in total. The number of hydrogen-bond donors (Lipinski definition) is 4. The molecule has 0 aromatic heterocycles. The molecule has 0 aromatic rings. The van der Waals surface area contributed by atoms with Crippen LogP contribution in [0.15, 0.2) is 0 Å². The van der Waals surface area contributed by atoms with Crippen molar-refractivity contribution in [3.63, 3.8) is 0 Å². The van der Waals surface area contributed by atoms with E-state index >= 15 is 0 Å². The zero-order chi connectivity index (χ0) is 13.8. The number of aliphatic hydroxyl groups is 2. The number of ether oxygens (including phenoxy) is 2. The molecule has 1 fully saturated rings. The van der Waals surface area contributed by atoms with Crippen molar-refractivity contribution in [3.8, 4) is 0 Å². The van der Waals surface area contributed by atoms with Crippen LogP contribution in [0, 0.1) is 0 Å². The van der Waals surface area contributed by atoms with Gasteiger partial charge in [0.05, 0.1) is 38.6 Å². The van der Waals surface area contributed by atoms with E-state index in [4.69, 9.17) is 19.7 Å². The van der Waals surface area contributed by atoms with Gasteiger partial charge in [0.15, 0.2) is 0 Å². The molecule has 1 saturated carbocycles. The van der Waals surface area contributed by atoms with Crippen molar-refractivity contribution < 1.29 is 19.7 Å². The molecule has 1 aliphatic carbocycles. The highest BCUT2D eigenvalue weighted by Gasteiger charge is 2.28. The lowest BCUT2D eigenvalue weighted by Crippen LogP contribution is -2.32. The van der Waals surface area contributed by atoms with E-state index in [-0.39, 0.29) is 25.4 Å². The third-order valence-electron chi connectivity index (χ3n) is 3.19. The lowest BCUT2D eigenvalue weighted by molar-refractivity contribution is -0.0542. The van der Waals surface area contributed by atoms with Crippen molar-refractivity contribution in [2.75, 3.05) is 52.6 Å². The summed E-state index contributed by atoms with van der Waals surface area (Å²) in [4.78, 5) is 0. The van der Waals surface area contributed by atoms with E-state index in [0.29, 0.717) is 26.3 Å². The minimum atomic E-state index is 0.163. The summed E-state index contributed by atoms with van der Waals surface area (Å²) >= 11 is 0. The average molecular weight is 276 g/mol. The third-order valence-corrected chi connectivity index (χ3v) is 3.19. The van der Waals surface area contributed by atoms with Crippen LogP contribution in [0.25, 0.3) is 0 Å². The van der Waals surface area contributed by atoms with Crippen LogP contribution in [0.1, 0.15) is 19.3 Å². The Labute approximate surface area is 115 Å². The maximum absolute atomic E-state index is 8.63. The Balaban J connectivity index is 2.01. The first-order valence-corrected chi connectivity index (χ1v) is 7.25. The monoisotopic (exact) mass is 276 g/mol. The molecule has 6 heteroatoms. The fourth-order valence-electron chi connectivity index (χ4n) is 2.25. The van der Waals surface area contributed by atoms with Crippen LogP contribution in [0.2, 0.25) is 0 Å². The molecule has 0 saturated heterocycles. The van der Waals surface area contributed by atoms with E-state index < -0.39 is 0 Å². The number of hydrogen-bond acceptors (Lipinski definition) is 6. The summed E-state index contributed by atoms with van der Waals surface area (Å²) in [6, 6.07) is 0. The second kappa shape index (κ2) is 11.6. The topological polar surface area (TPSA) is 83.0 Å². The van der Waals surface area contributed by atoms with Crippen LogP contribution in [-0.4, -0.2) is 75.0 Å². The molecule has 0 spiro atoms. The van der Waals surface area contributed by atoms with Gasteiger partial charge in [-0.2, -0.15) is 0 Å². The van der Waals surface area contributed by atoms with Crippen LogP contribution >= 0.6 is 0 Å². The van der Waals surface area contributed by atoms with Gasteiger partial charge in [0, 0.05) is 26.2 Å². The Bertz CT molecular complexity index is 187. The number of nitrogens with one attached hydrogen (secondary N) is 2. The van der Waals surface area contributed by atoms with Crippen molar-refractivity contribution in [2.45, 2.75) is 31.5 Å². The number of aliphatic hydroxyl groups excluding tert-OH is 2. The molecular formula is C13H28N2O4. The van der Waals surface area contributed by atoms with Crippen LogP contribution in [0.3, 0.4) is 0 Å². The minimum Gasteiger partial charge on any atom is -0.395 e. The van der Waals surface area contributed by atoms with E-state index in [2.05, 4.69) is 10.6 Å². The Kier molecular flexibility index (Phi) is 10.2. The zero-order valence-electron chi connectivity index (χ0n) is 11.6. The first kappa shape index (κ1) is 16.8. The predicted molar refractivity (Wildman–Crippen MR) is 73.2 cm³/mol. The molecule has 0 unspecified atom stereocenters. The highest BCUT2D eigenvalue weighted by molar-refractivity contribution is 4.79. The molecule has 0 radical (unpaired) electrons. The van der Waals surface area contributed by atoms with Gasteiger partial charge in [-0.25, -0.2) is 0 Å². The molecule has 0 aromatic carbocycles. The molecule has 0 bridgehead atoms. The molecule has 6 nitrogen and oxygen atoms in total. The summed E-state index contributed by atoms with van der Waals surface area (Å²) in [5, 5.41) is 23.4. The van der Waals surface area contributed by atoms with Gasteiger partial charge in [-0.1, -0.05) is 0 Å². The maximum Gasteiger partial charge on any atom is 0.0837 e. The standard InChI is InChI=1S/C13H28N2O4/c16-8-4-14-6-10-18-12-2-1-3-13(12)19-11-7-15-5-9-17/h12-17H,1-11H2/t12-,13-/m1/s1. The van der Waals surface area contributed by atoms with Crippen molar-refractivity contribution in [2.24, 2.45) is 0 Å². The zero-order valence-corrected chi connectivity index (χ0v) is 11.6. The van der Waals surface area contributed by atoms with Gasteiger partial charge in [-0.15, -0.1) is 0 Å². The summed E-state index contributed by atoms with van der Waals surface area (Å²) in [7, 11) is 0. The van der Waals surface area contributed by atoms with E-state index in [1.54, 1.807) is 0 Å². The minimum absolute atomic E-state index is 0.163. The molecule has 19 heavy (non-hydrogen) atoms. The molecule has 114 valence electrons. The molecule has 0 heterocycles. The molecule has 2 atom stereocenters. The van der Waals surface area contributed by atoms with Crippen molar-refractivity contribution >= 4 is 0 Å². The fraction of sp³-hybridized carbons (Fsp3) is 1.00. The van der Waals surface area contributed by atoms with Gasteiger partial charge < -0.3 is 30.3 Å². The normalized spacial score (nSPS) is 23.1. The highest BCUT2D eigenvalue weighted by atomic mass is 16.5. The second-order valence-electron chi connectivity index (χ2n) is 4.70. The maximum atomic E-state index is 8.63. The molecule has 0 aliphatic heterocycles. The third kappa shape index (κ3) is 7.81. The summed E-state index contributed by atoms with van der Waals surface area (Å²) in [6.45, 7) is 4.41. The van der Waals surface area contributed by atoms with Crippen LogP contribution < -0.4 is 10.6 Å². The Morgan fingerprint density at radius 1 is 0.789 bits per heavy atom. The lowest BCUT2D eigenvalue weighted by atomic mass is 10.2. The van der Waals surface area contributed by atoms with Crippen molar-refractivity contribution in [1.82, 2.24) is 10.6 Å². The van der Waals surface area contributed by atoms with Gasteiger partial charge in [-0.05, 0) is 19.3 Å². The summed E-state index contributed by atoms with van der Waals surface area (Å²) < 4.78 is 11.6. The van der Waals surface area contributed by atoms with E-state index in [1.807, 2.05) is 0 Å². The number of rotatable bonds is 12. The Morgan fingerprint density at radius 3 is 1.68 bits per heavy atom. The first-order chi connectivity index (χ1) is 9.38. The molecule has 1 rings (SSSR count). The van der Waals surface area contributed by atoms with Gasteiger partial charge in [0.2, 0.25) is 0 Å². The highest BCUT2D eigenvalue weighted by Crippen LogP contribution is 2.24. The van der Waals surface area contributed by atoms with Crippen molar-refractivity contribution in [1.29, 1.82) is 0 Å². The summed E-state index contributed by atoms with van der Waals surface area (Å²) in [5.41, 5.74) is 0. The Morgan fingerprint density at radius 2 is 1.26 bits per heavy atom. The predicted octanol–water partition coefficient (Wildman–Crippen LogP) is -0.895. The molecule has 0 amide bonds. The largest absolute Gasteiger partial charge is 0.395 e. The Hall–Kier alpha value is -0.240. The summed E-state index contributed by atoms with van der Waals surface area (Å²) in [6.07, 6.45) is 3.69. The SMILES string of the molecule is OCCNCCO[C@@H]1CCC[C@H]1OCCNCCO. The van der Waals surface area contributed by atoms with Crippen LogP contribution in [0.4, 0.5) is 0 Å². The molecular weight excluding hydrogens is 248 g/mol. The smallest absolute Gasteiger partial charge is 0.0837 e. The lowest BCUT2D eigenvalue weighted by Gasteiger charge is -2.21.